The molecule has 1 spiro atoms. The maximum atomic E-state index is 12.2. The topological polar surface area (TPSA) is 42.0 Å². The molecule has 5 nitrogen and oxygen atoms in total. The third-order valence-corrected chi connectivity index (χ3v) is 8.56. The molecule has 1 aromatic rings. The molecule has 5 heterocycles. The summed E-state index contributed by atoms with van der Waals surface area (Å²) >= 11 is 0. The first kappa shape index (κ1) is 16.9. The van der Waals surface area contributed by atoms with Gasteiger partial charge in [-0.05, 0) is 49.4 Å². The van der Waals surface area contributed by atoms with Gasteiger partial charge in [0.1, 0.15) is 11.9 Å². The summed E-state index contributed by atoms with van der Waals surface area (Å²) in [6, 6.07) is 7.84. The van der Waals surface area contributed by atoms with E-state index in [4.69, 9.17) is 9.47 Å². The molecule has 8 atom stereocenters. The molecule has 7 rings (SSSR count). The minimum Gasteiger partial charge on any atom is -0.497 e. The standard InChI is InChI=1S/C23H28N2O3/c1-5-13-11-25-18-9-15(13)20-19(25)10-23(22(20)28-12(2)26)16-8-14(27-4)6-7-17(16)24(3)21(18)23/h5-8,15,18-22H,9-11H2,1-4H3/b13-5+. The summed E-state index contributed by atoms with van der Waals surface area (Å²) in [4.78, 5) is 17.5. The van der Waals surface area contributed by atoms with Crippen molar-refractivity contribution in [3.8, 4) is 5.75 Å². The van der Waals surface area contributed by atoms with Gasteiger partial charge in [0.25, 0.3) is 0 Å². The van der Waals surface area contributed by atoms with Crippen LogP contribution in [0.25, 0.3) is 0 Å². The van der Waals surface area contributed by atoms with Crippen LogP contribution in [0.4, 0.5) is 5.69 Å². The minimum atomic E-state index is -0.152. The van der Waals surface area contributed by atoms with Crippen LogP contribution in [0.1, 0.15) is 32.3 Å². The molecule has 5 fully saturated rings. The Labute approximate surface area is 166 Å². The number of likely N-dealkylation sites (N-methyl/N-ethyl adjacent to an activating group) is 1. The van der Waals surface area contributed by atoms with Gasteiger partial charge in [-0.3, -0.25) is 9.69 Å². The van der Waals surface area contributed by atoms with Crippen LogP contribution in [0, 0.1) is 11.8 Å². The first-order valence-corrected chi connectivity index (χ1v) is 10.5. The summed E-state index contributed by atoms with van der Waals surface area (Å²) in [6.07, 6.45) is 4.50. The number of carbonyl (C=O) groups is 1. The van der Waals surface area contributed by atoms with Crippen LogP contribution < -0.4 is 9.64 Å². The SMILES string of the molecule is C/C=C1\CN2C3CC45c6cc(OC)ccc6N(C)C4C2CC1C3C5OC(C)=O. The van der Waals surface area contributed by atoms with Crippen molar-refractivity contribution in [2.24, 2.45) is 11.8 Å². The number of hydrogen-bond donors (Lipinski definition) is 0. The molecule has 1 saturated carbocycles. The Hall–Kier alpha value is -2.01. The largest absolute Gasteiger partial charge is 0.497 e. The Morgan fingerprint density at radius 2 is 2.14 bits per heavy atom. The van der Waals surface area contributed by atoms with Crippen LogP contribution in [0.3, 0.4) is 0 Å². The molecule has 148 valence electrons. The Bertz CT molecular complexity index is 911. The molecular formula is C23H28N2O3. The number of piperidine rings is 4. The van der Waals surface area contributed by atoms with E-state index < -0.39 is 0 Å². The predicted octanol–water partition coefficient (Wildman–Crippen LogP) is 2.74. The second-order valence-electron chi connectivity index (χ2n) is 9.30. The first-order valence-electron chi connectivity index (χ1n) is 10.5. The molecule has 28 heavy (non-hydrogen) atoms. The predicted molar refractivity (Wildman–Crippen MR) is 107 cm³/mol. The van der Waals surface area contributed by atoms with E-state index in [1.807, 2.05) is 0 Å². The molecule has 8 unspecified atom stereocenters. The van der Waals surface area contributed by atoms with Crippen LogP contribution in [0.5, 0.6) is 5.75 Å². The number of ether oxygens (including phenoxy) is 2. The van der Waals surface area contributed by atoms with E-state index >= 15 is 0 Å². The maximum Gasteiger partial charge on any atom is 0.302 e. The smallest absolute Gasteiger partial charge is 0.302 e. The van der Waals surface area contributed by atoms with Gasteiger partial charge in [0.05, 0.1) is 18.6 Å². The fourth-order valence-corrected chi connectivity index (χ4v) is 7.83. The molecule has 5 heteroatoms. The van der Waals surface area contributed by atoms with Crippen LogP contribution in [-0.4, -0.2) is 55.8 Å². The van der Waals surface area contributed by atoms with Crippen LogP contribution in [-0.2, 0) is 14.9 Å². The number of allylic oxidation sites excluding steroid dienone is 1. The molecule has 0 radical (unpaired) electrons. The lowest BCUT2D eigenvalue weighted by Gasteiger charge is -2.58. The second-order valence-corrected chi connectivity index (χ2v) is 9.30. The lowest BCUT2D eigenvalue weighted by Crippen LogP contribution is -2.68. The molecule has 5 aliphatic heterocycles. The highest BCUT2D eigenvalue weighted by molar-refractivity contribution is 5.71. The van der Waals surface area contributed by atoms with Crippen molar-refractivity contribution in [2.75, 3.05) is 25.6 Å². The highest BCUT2D eigenvalue weighted by Gasteiger charge is 2.75. The monoisotopic (exact) mass is 380 g/mol. The number of esters is 1. The Morgan fingerprint density at radius 3 is 2.86 bits per heavy atom. The summed E-state index contributed by atoms with van der Waals surface area (Å²) in [5.74, 6) is 1.68. The summed E-state index contributed by atoms with van der Waals surface area (Å²) in [5, 5.41) is 0. The van der Waals surface area contributed by atoms with E-state index in [9.17, 15) is 4.79 Å². The molecule has 0 N–H and O–H groups in total. The van der Waals surface area contributed by atoms with E-state index in [0.29, 0.717) is 30.0 Å². The van der Waals surface area contributed by atoms with Gasteiger partial charge in [-0.1, -0.05) is 11.6 Å². The van der Waals surface area contributed by atoms with Gasteiger partial charge in [-0.15, -0.1) is 0 Å². The van der Waals surface area contributed by atoms with Crippen LogP contribution in [0.15, 0.2) is 29.8 Å². The molecule has 6 aliphatic rings. The second kappa shape index (κ2) is 5.32. The lowest BCUT2D eigenvalue weighted by molar-refractivity contribution is -0.152. The van der Waals surface area contributed by atoms with E-state index in [1.165, 1.54) is 17.7 Å². The zero-order valence-corrected chi connectivity index (χ0v) is 17.0. The number of benzene rings is 1. The fraction of sp³-hybridized carbons (Fsp3) is 0.609. The number of hydrogen-bond acceptors (Lipinski definition) is 5. The average Bonchev–Trinajstić information content (AvgIpc) is 3.10. The summed E-state index contributed by atoms with van der Waals surface area (Å²) in [6.45, 7) is 4.82. The Balaban J connectivity index is 1.60. The zero-order chi connectivity index (χ0) is 19.4. The van der Waals surface area contributed by atoms with Crippen LogP contribution in [0.2, 0.25) is 0 Å². The Morgan fingerprint density at radius 1 is 1.32 bits per heavy atom. The van der Waals surface area contributed by atoms with E-state index in [2.05, 4.69) is 48.0 Å². The molecule has 1 aliphatic carbocycles. The lowest BCUT2D eigenvalue weighted by atomic mass is 9.65. The zero-order valence-electron chi connectivity index (χ0n) is 17.0. The number of fused-ring (bicyclic) bond motifs is 2. The minimum absolute atomic E-state index is 0.0638. The third-order valence-electron chi connectivity index (χ3n) is 8.56. The fourth-order valence-electron chi connectivity index (χ4n) is 7.83. The summed E-state index contributed by atoms with van der Waals surface area (Å²) in [5.41, 5.74) is 4.02. The molecule has 0 aromatic heterocycles. The van der Waals surface area contributed by atoms with E-state index in [1.54, 1.807) is 19.6 Å². The normalized spacial score (nSPS) is 45.4. The number of rotatable bonds is 2. The first-order chi connectivity index (χ1) is 13.5. The summed E-state index contributed by atoms with van der Waals surface area (Å²) in [7, 11) is 3.96. The van der Waals surface area contributed by atoms with Gasteiger partial charge in [0.15, 0.2) is 0 Å². The van der Waals surface area contributed by atoms with Crippen LogP contribution >= 0.6 is 0 Å². The highest BCUT2D eigenvalue weighted by Crippen LogP contribution is 2.68. The number of carbonyl (C=O) groups excluding carboxylic acids is 1. The Kier molecular flexibility index (Phi) is 3.21. The molecule has 4 saturated heterocycles. The quantitative estimate of drug-likeness (QED) is 0.583. The number of anilines is 1. The van der Waals surface area contributed by atoms with E-state index in [-0.39, 0.29) is 17.5 Å². The van der Waals surface area contributed by atoms with Gasteiger partial charge >= 0.3 is 5.97 Å². The molecule has 1 aromatic carbocycles. The highest BCUT2D eigenvalue weighted by atomic mass is 16.5. The molecular weight excluding hydrogens is 352 g/mol. The number of methoxy groups -OCH3 is 1. The van der Waals surface area contributed by atoms with Gasteiger partial charge in [-0.2, -0.15) is 0 Å². The van der Waals surface area contributed by atoms with Gasteiger partial charge in [0.2, 0.25) is 0 Å². The van der Waals surface area contributed by atoms with Crippen molar-refractivity contribution in [3.05, 3.63) is 35.4 Å². The van der Waals surface area contributed by atoms with Crippen molar-refractivity contribution in [1.82, 2.24) is 4.90 Å². The van der Waals surface area contributed by atoms with Crippen molar-refractivity contribution in [3.63, 3.8) is 0 Å². The van der Waals surface area contributed by atoms with Gasteiger partial charge < -0.3 is 14.4 Å². The number of nitrogens with zero attached hydrogens (tertiary/aromatic N) is 2. The van der Waals surface area contributed by atoms with Crippen molar-refractivity contribution < 1.29 is 14.3 Å². The van der Waals surface area contributed by atoms with Crippen molar-refractivity contribution >= 4 is 11.7 Å². The third kappa shape index (κ3) is 1.71. The van der Waals surface area contributed by atoms with Crippen molar-refractivity contribution in [1.29, 1.82) is 0 Å². The van der Waals surface area contributed by atoms with Gasteiger partial charge in [0, 0.05) is 44.2 Å². The molecule has 5 bridgehead atoms. The van der Waals surface area contributed by atoms with Crippen molar-refractivity contribution in [2.45, 2.75) is 56.3 Å². The van der Waals surface area contributed by atoms with E-state index in [0.717, 1.165) is 18.7 Å². The molecule has 0 amide bonds. The summed E-state index contributed by atoms with van der Waals surface area (Å²) < 4.78 is 11.8. The van der Waals surface area contributed by atoms with Gasteiger partial charge in [-0.25, -0.2) is 0 Å². The average molecular weight is 380 g/mol. The maximum absolute atomic E-state index is 12.2.